The van der Waals surface area contributed by atoms with Gasteiger partial charge in [-0.15, -0.1) is 0 Å². The number of guanidine groups is 1. The van der Waals surface area contributed by atoms with Crippen molar-refractivity contribution < 1.29 is 0 Å². The second-order valence-electron chi connectivity index (χ2n) is 8.54. The van der Waals surface area contributed by atoms with Crippen LogP contribution in [0.25, 0.3) is 22.3 Å². The molecule has 0 bridgehead atoms. The predicted molar refractivity (Wildman–Crippen MR) is 129 cm³/mol. The molecule has 2 unspecified atom stereocenters. The normalized spacial score (nSPS) is 21.7. The minimum atomic E-state index is 0.337. The first-order valence-electron chi connectivity index (χ1n) is 11.4. The van der Waals surface area contributed by atoms with Crippen LogP contribution in [0.15, 0.2) is 53.5 Å². The third kappa shape index (κ3) is 4.11. The average Bonchev–Trinajstić information content (AvgIpc) is 3.23. The zero-order chi connectivity index (χ0) is 21.2. The number of anilines is 1. The highest BCUT2D eigenvalue weighted by Crippen LogP contribution is 2.33. The lowest BCUT2D eigenvalue weighted by Crippen LogP contribution is -2.40. The highest BCUT2D eigenvalue weighted by Gasteiger charge is 2.34. The van der Waals surface area contributed by atoms with Gasteiger partial charge in [0.2, 0.25) is 0 Å². The van der Waals surface area contributed by atoms with Gasteiger partial charge in [-0.1, -0.05) is 62.1 Å². The molecule has 0 saturated heterocycles. The van der Waals surface area contributed by atoms with Gasteiger partial charge >= 0.3 is 0 Å². The highest BCUT2D eigenvalue weighted by molar-refractivity contribution is 6.33. The fraction of sp³-hybridized carbons (Fsp3) is 0.400. The van der Waals surface area contributed by atoms with Crippen molar-refractivity contribution >= 4 is 34.3 Å². The van der Waals surface area contributed by atoms with Gasteiger partial charge in [-0.3, -0.25) is 0 Å². The number of aliphatic imine (C=N–C) groups is 1. The maximum atomic E-state index is 6.44. The number of halogens is 1. The molecule has 1 saturated carbocycles. The van der Waals surface area contributed by atoms with Crippen LogP contribution in [-0.4, -0.2) is 28.0 Å². The quantitative estimate of drug-likeness (QED) is 0.525. The van der Waals surface area contributed by atoms with E-state index in [1.807, 2.05) is 48.5 Å². The predicted octanol–water partition coefficient (Wildman–Crippen LogP) is 6.05. The summed E-state index contributed by atoms with van der Waals surface area (Å²) >= 11 is 6.44. The average molecular weight is 434 g/mol. The molecular formula is C25H28ClN5. The minimum absolute atomic E-state index is 0.337. The summed E-state index contributed by atoms with van der Waals surface area (Å²) in [6.07, 6.45) is 7.64. The first kappa shape index (κ1) is 20.3. The van der Waals surface area contributed by atoms with Gasteiger partial charge in [0.25, 0.3) is 0 Å². The SMILES string of the molecule is CCC1NC(Nc2nc(-c3ccccc3Cl)nc3ccccc23)=NC1C1CCCCC1. The monoisotopic (exact) mass is 433 g/mol. The number of benzene rings is 2. The van der Waals surface area contributed by atoms with Crippen LogP contribution in [-0.2, 0) is 0 Å². The van der Waals surface area contributed by atoms with Crippen molar-refractivity contribution in [1.82, 2.24) is 15.3 Å². The Hall–Kier alpha value is -2.66. The van der Waals surface area contributed by atoms with Crippen LogP contribution in [0.1, 0.15) is 45.4 Å². The van der Waals surface area contributed by atoms with E-state index in [1.54, 1.807) is 0 Å². The standard InChI is InChI=1S/C25H28ClN5/c1-2-20-22(16-10-4-3-5-11-16)29-25(28-20)31-24-18-13-7-9-15-21(18)27-23(30-24)17-12-6-8-14-19(17)26/h6-9,12-16,20,22H,2-5,10-11H2,1H3,(H2,27,28,29,30,31). The zero-order valence-electron chi connectivity index (χ0n) is 17.8. The lowest BCUT2D eigenvalue weighted by Gasteiger charge is -2.29. The molecule has 1 aliphatic heterocycles. The summed E-state index contributed by atoms with van der Waals surface area (Å²) in [5, 5.41) is 8.73. The topological polar surface area (TPSA) is 62.2 Å². The van der Waals surface area contributed by atoms with Crippen LogP contribution < -0.4 is 10.6 Å². The summed E-state index contributed by atoms with van der Waals surface area (Å²) in [7, 11) is 0. The Balaban J connectivity index is 1.50. The summed E-state index contributed by atoms with van der Waals surface area (Å²) in [4.78, 5) is 14.7. The number of hydrogen-bond donors (Lipinski definition) is 2. The van der Waals surface area contributed by atoms with Crippen molar-refractivity contribution in [1.29, 1.82) is 0 Å². The number of aromatic nitrogens is 2. The molecule has 3 aromatic rings. The lowest BCUT2D eigenvalue weighted by molar-refractivity contribution is 0.279. The van der Waals surface area contributed by atoms with Crippen LogP contribution in [0.5, 0.6) is 0 Å². The molecule has 0 radical (unpaired) electrons. The Kier molecular flexibility index (Phi) is 5.77. The molecule has 160 valence electrons. The Morgan fingerprint density at radius 2 is 1.77 bits per heavy atom. The van der Waals surface area contributed by atoms with Crippen molar-refractivity contribution in [3.63, 3.8) is 0 Å². The molecule has 1 aromatic heterocycles. The molecule has 5 rings (SSSR count). The van der Waals surface area contributed by atoms with Gasteiger partial charge in [0.15, 0.2) is 11.8 Å². The first-order chi connectivity index (χ1) is 15.2. The number of hydrogen-bond acceptors (Lipinski definition) is 5. The molecule has 1 fully saturated rings. The molecule has 31 heavy (non-hydrogen) atoms. The van der Waals surface area contributed by atoms with Crippen LogP contribution >= 0.6 is 11.6 Å². The maximum absolute atomic E-state index is 6.44. The molecule has 2 heterocycles. The number of fused-ring (bicyclic) bond motifs is 1. The van der Waals surface area contributed by atoms with Gasteiger partial charge in [-0.05, 0) is 49.4 Å². The zero-order valence-corrected chi connectivity index (χ0v) is 18.6. The Morgan fingerprint density at radius 1 is 1.00 bits per heavy atom. The van der Waals surface area contributed by atoms with Crippen LogP contribution in [0.4, 0.5) is 5.82 Å². The first-order valence-corrected chi connectivity index (χ1v) is 11.7. The van der Waals surface area contributed by atoms with E-state index in [0.717, 1.165) is 34.7 Å². The Labute approximate surface area is 188 Å². The third-order valence-corrected chi connectivity index (χ3v) is 6.87. The van der Waals surface area contributed by atoms with Crippen LogP contribution in [0.2, 0.25) is 5.02 Å². The second kappa shape index (κ2) is 8.83. The molecular weight excluding hydrogens is 406 g/mol. The summed E-state index contributed by atoms with van der Waals surface area (Å²) in [6, 6.07) is 16.5. The third-order valence-electron chi connectivity index (χ3n) is 6.54. The van der Waals surface area contributed by atoms with Gasteiger partial charge in [0.05, 0.1) is 22.6 Å². The van der Waals surface area contributed by atoms with E-state index in [9.17, 15) is 0 Å². The van der Waals surface area contributed by atoms with E-state index in [1.165, 1.54) is 32.1 Å². The molecule has 1 aliphatic carbocycles. The van der Waals surface area contributed by atoms with Gasteiger partial charge < -0.3 is 10.6 Å². The van der Waals surface area contributed by atoms with Gasteiger partial charge in [0, 0.05) is 10.9 Å². The molecule has 2 N–H and O–H groups in total. The Morgan fingerprint density at radius 3 is 2.58 bits per heavy atom. The smallest absolute Gasteiger partial charge is 0.197 e. The van der Waals surface area contributed by atoms with Gasteiger partial charge in [-0.2, -0.15) is 0 Å². The highest BCUT2D eigenvalue weighted by atomic mass is 35.5. The van der Waals surface area contributed by atoms with Crippen molar-refractivity contribution in [2.45, 2.75) is 57.5 Å². The van der Waals surface area contributed by atoms with Crippen molar-refractivity contribution in [3.8, 4) is 11.4 Å². The summed E-state index contributed by atoms with van der Waals surface area (Å²) < 4.78 is 0. The van der Waals surface area contributed by atoms with E-state index in [2.05, 4.69) is 17.6 Å². The fourth-order valence-electron chi connectivity index (χ4n) is 4.91. The number of rotatable bonds is 4. The fourth-order valence-corrected chi connectivity index (χ4v) is 5.13. The molecule has 2 aromatic carbocycles. The molecule has 2 atom stereocenters. The number of nitrogens with zero attached hydrogens (tertiary/aromatic N) is 3. The van der Waals surface area contributed by atoms with E-state index >= 15 is 0 Å². The maximum Gasteiger partial charge on any atom is 0.197 e. The van der Waals surface area contributed by atoms with E-state index in [0.29, 0.717) is 28.8 Å². The van der Waals surface area contributed by atoms with E-state index in [-0.39, 0.29) is 0 Å². The molecule has 0 amide bonds. The van der Waals surface area contributed by atoms with E-state index in [4.69, 9.17) is 26.6 Å². The van der Waals surface area contributed by atoms with Crippen LogP contribution in [0, 0.1) is 5.92 Å². The summed E-state index contributed by atoms with van der Waals surface area (Å²) in [5.41, 5.74) is 1.70. The minimum Gasteiger partial charge on any atom is -0.351 e. The van der Waals surface area contributed by atoms with Crippen molar-refractivity contribution in [2.75, 3.05) is 5.32 Å². The lowest BCUT2D eigenvalue weighted by atomic mass is 9.81. The number of nitrogens with one attached hydrogen (secondary N) is 2. The van der Waals surface area contributed by atoms with E-state index < -0.39 is 0 Å². The molecule has 0 spiro atoms. The van der Waals surface area contributed by atoms with Crippen molar-refractivity contribution in [3.05, 3.63) is 53.6 Å². The molecule has 6 heteroatoms. The second-order valence-corrected chi connectivity index (χ2v) is 8.95. The van der Waals surface area contributed by atoms with Gasteiger partial charge in [0.1, 0.15) is 5.82 Å². The molecule has 2 aliphatic rings. The summed E-state index contributed by atoms with van der Waals surface area (Å²) in [5.74, 6) is 2.86. The largest absolute Gasteiger partial charge is 0.351 e. The van der Waals surface area contributed by atoms with Crippen LogP contribution in [0.3, 0.4) is 0 Å². The number of para-hydroxylation sites is 1. The molecule has 5 nitrogen and oxygen atoms in total. The Bertz CT molecular complexity index is 1110. The van der Waals surface area contributed by atoms with Gasteiger partial charge in [-0.25, -0.2) is 15.0 Å². The van der Waals surface area contributed by atoms with Crippen molar-refractivity contribution in [2.24, 2.45) is 10.9 Å². The summed E-state index contributed by atoms with van der Waals surface area (Å²) in [6.45, 7) is 2.24.